The van der Waals surface area contributed by atoms with E-state index in [2.05, 4.69) is 16.7 Å². The Kier molecular flexibility index (Phi) is 6.98. The SMILES string of the molecule is CCN(CC(=O)Nc1ccccc1OC)CC(=O)NC1(C#N)CCCC1. The molecular formula is C19H26N4O3. The first-order valence-corrected chi connectivity index (χ1v) is 8.89. The summed E-state index contributed by atoms with van der Waals surface area (Å²) in [7, 11) is 1.54. The van der Waals surface area contributed by atoms with Gasteiger partial charge in [-0.25, -0.2) is 0 Å². The summed E-state index contributed by atoms with van der Waals surface area (Å²) in [5.74, 6) is 0.138. The zero-order chi connectivity index (χ0) is 19.0. The minimum absolute atomic E-state index is 0.0826. The maximum Gasteiger partial charge on any atom is 0.238 e. The number of carbonyl (C=O) groups excluding carboxylic acids is 2. The van der Waals surface area contributed by atoms with Crippen molar-refractivity contribution in [1.82, 2.24) is 10.2 Å². The van der Waals surface area contributed by atoms with Crippen molar-refractivity contribution in [2.45, 2.75) is 38.1 Å². The van der Waals surface area contributed by atoms with Crippen LogP contribution in [0.25, 0.3) is 0 Å². The summed E-state index contributed by atoms with van der Waals surface area (Å²) in [4.78, 5) is 26.4. The van der Waals surface area contributed by atoms with E-state index in [1.165, 1.54) is 0 Å². The van der Waals surface area contributed by atoms with E-state index >= 15 is 0 Å². The van der Waals surface area contributed by atoms with Crippen LogP contribution in [-0.2, 0) is 9.59 Å². The van der Waals surface area contributed by atoms with Gasteiger partial charge in [0.15, 0.2) is 0 Å². The Morgan fingerprint density at radius 1 is 1.23 bits per heavy atom. The number of nitrogens with one attached hydrogen (secondary N) is 2. The van der Waals surface area contributed by atoms with Gasteiger partial charge in [0.05, 0.1) is 32.0 Å². The molecule has 1 saturated carbocycles. The van der Waals surface area contributed by atoms with Crippen molar-refractivity contribution in [1.29, 1.82) is 5.26 Å². The van der Waals surface area contributed by atoms with Gasteiger partial charge in [-0.05, 0) is 44.4 Å². The topological polar surface area (TPSA) is 94.5 Å². The van der Waals surface area contributed by atoms with Crippen molar-refractivity contribution < 1.29 is 14.3 Å². The molecule has 2 rings (SSSR count). The van der Waals surface area contributed by atoms with Crippen LogP contribution in [-0.4, -0.2) is 49.0 Å². The highest BCUT2D eigenvalue weighted by Gasteiger charge is 2.35. The Labute approximate surface area is 154 Å². The van der Waals surface area contributed by atoms with Gasteiger partial charge in [0.1, 0.15) is 11.3 Å². The van der Waals surface area contributed by atoms with Crippen molar-refractivity contribution in [3.8, 4) is 11.8 Å². The summed E-state index contributed by atoms with van der Waals surface area (Å²) in [6.45, 7) is 2.60. The number of carbonyl (C=O) groups is 2. The maximum atomic E-state index is 12.3. The molecule has 0 atom stereocenters. The average molecular weight is 358 g/mol. The monoisotopic (exact) mass is 358 g/mol. The molecule has 1 fully saturated rings. The standard InChI is InChI=1S/C19H26N4O3/c1-3-23(13-18(25)22-19(14-20)10-6-7-11-19)12-17(24)21-15-8-4-5-9-16(15)26-2/h4-5,8-9H,3,6-7,10-13H2,1-2H3,(H,21,24)(H,22,25). The lowest BCUT2D eigenvalue weighted by atomic mass is 10.00. The number of methoxy groups -OCH3 is 1. The number of likely N-dealkylation sites (N-methyl/N-ethyl adjacent to an activating group) is 1. The van der Waals surface area contributed by atoms with Gasteiger partial charge in [0.2, 0.25) is 11.8 Å². The average Bonchev–Trinajstić information content (AvgIpc) is 3.10. The van der Waals surface area contributed by atoms with E-state index < -0.39 is 5.54 Å². The van der Waals surface area contributed by atoms with Crippen LogP contribution in [0.2, 0.25) is 0 Å². The van der Waals surface area contributed by atoms with Crippen LogP contribution in [0.3, 0.4) is 0 Å². The predicted octanol–water partition coefficient (Wildman–Crippen LogP) is 1.91. The fraction of sp³-hybridized carbons (Fsp3) is 0.526. The lowest BCUT2D eigenvalue weighted by Gasteiger charge is -2.25. The molecule has 140 valence electrons. The molecule has 7 heteroatoms. The van der Waals surface area contributed by atoms with Gasteiger partial charge >= 0.3 is 0 Å². The summed E-state index contributed by atoms with van der Waals surface area (Å²) in [5, 5.41) is 15.0. The van der Waals surface area contributed by atoms with Gasteiger partial charge in [0.25, 0.3) is 0 Å². The molecule has 1 aromatic rings. The molecule has 0 aliphatic heterocycles. The highest BCUT2D eigenvalue weighted by atomic mass is 16.5. The minimum atomic E-state index is -0.740. The third-order valence-corrected chi connectivity index (χ3v) is 4.61. The van der Waals surface area contributed by atoms with Gasteiger partial charge < -0.3 is 15.4 Å². The molecular weight excluding hydrogens is 332 g/mol. The third-order valence-electron chi connectivity index (χ3n) is 4.61. The normalized spacial score (nSPS) is 15.3. The smallest absolute Gasteiger partial charge is 0.238 e. The molecule has 0 unspecified atom stereocenters. The van der Waals surface area contributed by atoms with E-state index in [0.29, 0.717) is 30.8 Å². The van der Waals surface area contributed by atoms with Crippen LogP contribution >= 0.6 is 0 Å². The summed E-state index contributed by atoms with van der Waals surface area (Å²) in [6, 6.07) is 9.41. The molecule has 26 heavy (non-hydrogen) atoms. The van der Waals surface area contributed by atoms with Crippen molar-refractivity contribution in [3.63, 3.8) is 0 Å². The van der Waals surface area contributed by atoms with Gasteiger partial charge in [-0.3, -0.25) is 14.5 Å². The number of ether oxygens (including phenoxy) is 1. The summed E-state index contributed by atoms with van der Waals surface area (Å²) in [5.41, 5.74) is -0.147. The summed E-state index contributed by atoms with van der Waals surface area (Å²) >= 11 is 0. The fourth-order valence-electron chi connectivity index (χ4n) is 3.17. The molecule has 0 aromatic heterocycles. The van der Waals surface area contributed by atoms with Gasteiger partial charge in [0, 0.05) is 0 Å². The molecule has 0 bridgehead atoms. The molecule has 1 aliphatic carbocycles. The molecule has 2 amide bonds. The van der Waals surface area contributed by atoms with Crippen LogP contribution < -0.4 is 15.4 Å². The largest absolute Gasteiger partial charge is 0.495 e. The number of anilines is 1. The Hall–Kier alpha value is -2.59. The highest BCUT2D eigenvalue weighted by molar-refractivity contribution is 5.94. The van der Waals surface area contributed by atoms with Crippen molar-refractivity contribution in [3.05, 3.63) is 24.3 Å². The lowest BCUT2D eigenvalue weighted by Crippen LogP contribution is -2.49. The Morgan fingerprint density at radius 3 is 2.50 bits per heavy atom. The van der Waals surface area contributed by atoms with E-state index in [4.69, 9.17) is 4.74 Å². The van der Waals surface area contributed by atoms with Crippen LogP contribution in [0.4, 0.5) is 5.69 Å². The van der Waals surface area contributed by atoms with E-state index in [1.807, 2.05) is 19.1 Å². The van der Waals surface area contributed by atoms with E-state index in [1.54, 1.807) is 24.1 Å². The Bertz CT molecular complexity index is 678. The molecule has 2 N–H and O–H groups in total. The highest BCUT2D eigenvalue weighted by Crippen LogP contribution is 2.28. The summed E-state index contributed by atoms with van der Waals surface area (Å²) in [6.07, 6.45) is 3.28. The predicted molar refractivity (Wildman–Crippen MR) is 98.7 cm³/mol. The molecule has 0 spiro atoms. The van der Waals surface area contributed by atoms with Crippen molar-refractivity contribution in [2.75, 3.05) is 32.1 Å². The van der Waals surface area contributed by atoms with E-state index in [9.17, 15) is 14.9 Å². The van der Waals surface area contributed by atoms with Crippen molar-refractivity contribution in [2.24, 2.45) is 0 Å². The van der Waals surface area contributed by atoms with Gasteiger partial charge in [-0.15, -0.1) is 0 Å². The third kappa shape index (κ3) is 5.20. The number of amides is 2. The van der Waals surface area contributed by atoms with E-state index in [0.717, 1.165) is 12.8 Å². The second-order valence-electron chi connectivity index (χ2n) is 6.50. The lowest BCUT2D eigenvalue weighted by molar-refractivity contribution is -0.124. The van der Waals surface area contributed by atoms with Crippen LogP contribution in [0.1, 0.15) is 32.6 Å². The fourth-order valence-corrected chi connectivity index (χ4v) is 3.17. The van der Waals surface area contributed by atoms with Crippen molar-refractivity contribution >= 4 is 17.5 Å². The van der Waals surface area contributed by atoms with E-state index in [-0.39, 0.29) is 24.9 Å². The number of para-hydroxylation sites is 2. The quantitative estimate of drug-likeness (QED) is 0.740. The van der Waals surface area contributed by atoms with Crippen LogP contribution in [0.5, 0.6) is 5.75 Å². The molecule has 0 heterocycles. The first-order chi connectivity index (χ1) is 12.5. The minimum Gasteiger partial charge on any atom is -0.495 e. The molecule has 0 saturated heterocycles. The van der Waals surface area contributed by atoms with Crippen LogP contribution in [0, 0.1) is 11.3 Å². The van der Waals surface area contributed by atoms with Crippen LogP contribution in [0.15, 0.2) is 24.3 Å². The number of hydrogen-bond donors (Lipinski definition) is 2. The second-order valence-corrected chi connectivity index (χ2v) is 6.50. The number of rotatable bonds is 8. The second kappa shape index (κ2) is 9.20. The number of nitrogens with zero attached hydrogens (tertiary/aromatic N) is 2. The summed E-state index contributed by atoms with van der Waals surface area (Å²) < 4.78 is 5.22. The zero-order valence-corrected chi connectivity index (χ0v) is 15.4. The maximum absolute atomic E-state index is 12.3. The molecule has 7 nitrogen and oxygen atoms in total. The zero-order valence-electron chi connectivity index (χ0n) is 15.4. The molecule has 1 aliphatic rings. The molecule has 0 radical (unpaired) electrons. The first-order valence-electron chi connectivity index (χ1n) is 8.89. The first kappa shape index (κ1) is 19.7. The van der Waals surface area contributed by atoms with Gasteiger partial charge in [-0.2, -0.15) is 5.26 Å². The Morgan fingerprint density at radius 2 is 1.88 bits per heavy atom. The molecule has 1 aromatic carbocycles. The number of benzene rings is 1. The number of hydrogen-bond acceptors (Lipinski definition) is 5. The Balaban J connectivity index is 1.89. The number of nitriles is 1. The van der Waals surface area contributed by atoms with Gasteiger partial charge in [-0.1, -0.05) is 19.1 Å².